The number of anilines is 1. The van der Waals surface area contributed by atoms with Gasteiger partial charge in [0.15, 0.2) is 5.13 Å². The monoisotopic (exact) mass is 391 g/mol. The zero-order valence-corrected chi connectivity index (χ0v) is 15.7. The summed E-state index contributed by atoms with van der Waals surface area (Å²) in [6, 6.07) is 5.23. The second-order valence-corrected chi connectivity index (χ2v) is 9.30. The molecule has 2 aromatic heterocycles. The highest BCUT2D eigenvalue weighted by atomic mass is 32.2. The SMILES string of the molecule is CCS(=O)(=O)N1CCc2nc(NC(=O)c3ccc4nc[nH]c4c3)sc2C1. The fraction of sp³-hybridized carbons (Fsp3) is 0.312. The molecular weight excluding hydrogens is 374 g/mol. The Morgan fingerprint density at radius 3 is 3.08 bits per heavy atom. The zero-order chi connectivity index (χ0) is 18.3. The van der Waals surface area contributed by atoms with Crippen molar-refractivity contribution in [2.24, 2.45) is 0 Å². The Balaban J connectivity index is 1.52. The van der Waals surface area contributed by atoms with Gasteiger partial charge in [0.25, 0.3) is 5.91 Å². The van der Waals surface area contributed by atoms with E-state index in [1.165, 1.54) is 15.6 Å². The molecule has 1 aliphatic heterocycles. The molecule has 1 aliphatic rings. The number of hydrogen-bond donors (Lipinski definition) is 2. The fourth-order valence-corrected chi connectivity index (χ4v) is 5.05. The standard InChI is InChI=1S/C16H17N5O3S2/c1-2-26(23,24)21-6-5-12-14(8-21)25-16(19-12)20-15(22)10-3-4-11-13(7-10)18-9-17-11/h3-4,7,9H,2,5-6,8H2,1H3,(H,17,18)(H,19,20,22). The first-order valence-electron chi connectivity index (χ1n) is 8.17. The summed E-state index contributed by atoms with van der Waals surface area (Å²) in [5.74, 6) is -0.175. The van der Waals surface area contributed by atoms with Crippen molar-refractivity contribution < 1.29 is 13.2 Å². The van der Waals surface area contributed by atoms with Crippen LogP contribution in [-0.4, -0.2) is 45.9 Å². The van der Waals surface area contributed by atoms with Crippen LogP contribution in [0.15, 0.2) is 24.5 Å². The van der Waals surface area contributed by atoms with E-state index in [4.69, 9.17) is 0 Å². The molecule has 0 saturated heterocycles. The van der Waals surface area contributed by atoms with Gasteiger partial charge in [0, 0.05) is 30.0 Å². The van der Waals surface area contributed by atoms with Gasteiger partial charge in [0.2, 0.25) is 10.0 Å². The quantitative estimate of drug-likeness (QED) is 0.707. The Hall–Kier alpha value is -2.30. The number of aromatic nitrogens is 3. The highest BCUT2D eigenvalue weighted by molar-refractivity contribution is 7.89. The van der Waals surface area contributed by atoms with E-state index in [9.17, 15) is 13.2 Å². The number of nitrogens with zero attached hydrogens (tertiary/aromatic N) is 3. The highest BCUT2D eigenvalue weighted by Gasteiger charge is 2.28. The lowest BCUT2D eigenvalue weighted by Crippen LogP contribution is -2.36. The third-order valence-corrected chi connectivity index (χ3v) is 7.18. The predicted molar refractivity (Wildman–Crippen MR) is 99.7 cm³/mol. The molecule has 0 saturated carbocycles. The van der Waals surface area contributed by atoms with Crippen molar-refractivity contribution in [1.82, 2.24) is 19.3 Å². The molecule has 2 N–H and O–H groups in total. The number of aromatic amines is 1. The van der Waals surface area contributed by atoms with Gasteiger partial charge in [-0.3, -0.25) is 10.1 Å². The van der Waals surface area contributed by atoms with Gasteiger partial charge in [-0.15, -0.1) is 11.3 Å². The van der Waals surface area contributed by atoms with Crippen LogP contribution in [0.1, 0.15) is 27.9 Å². The lowest BCUT2D eigenvalue weighted by Gasteiger charge is -2.24. The number of carbonyl (C=O) groups excluding carboxylic acids is 1. The first kappa shape index (κ1) is 17.1. The number of thiazole rings is 1. The van der Waals surface area contributed by atoms with Crippen LogP contribution in [0.25, 0.3) is 11.0 Å². The third kappa shape index (κ3) is 3.11. The zero-order valence-electron chi connectivity index (χ0n) is 14.0. The molecule has 10 heteroatoms. The predicted octanol–water partition coefficient (Wildman–Crippen LogP) is 1.98. The summed E-state index contributed by atoms with van der Waals surface area (Å²) in [7, 11) is -3.22. The van der Waals surface area contributed by atoms with Crippen molar-refractivity contribution in [3.05, 3.63) is 40.7 Å². The minimum absolute atomic E-state index is 0.0841. The Kier molecular flexibility index (Phi) is 4.25. The Morgan fingerprint density at radius 1 is 1.42 bits per heavy atom. The Bertz CT molecular complexity index is 1090. The number of imidazole rings is 1. The smallest absolute Gasteiger partial charge is 0.257 e. The molecular formula is C16H17N5O3S2. The molecule has 136 valence electrons. The van der Waals surface area contributed by atoms with Gasteiger partial charge in [0.05, 0.1) is 28.8 Å². The number of amides is 1. The minimum atomic E-state index is -3.22. The van der Waals surface area contributed by atoms with Crippen LogP contribution < -0.4 is 5.32 Å². The molecule has 1 amide bonds. The lowest BCUT2D eigenvalue weighted by molar-refractivity contribution is 0.102. The maximum atomic E-state index is 12.5. The van der Waals surface area contributed by atoms with Crippen LogP contribution in [0.5, 0.6) is 0 Å². The molecule has 8 nitrogen and oxygen atoms in total. The number of benzene rings is 1. The molecule has 0 fully saturated rings. The number of rotatable bonds is 4. The largest absolute Gasteiger partial charge is 0.345 e. The van der Waals surface area contributed by atoms with E-state index in [0.717, 1.165) is 21.6 Å². The van der Waals surface area contributed by atoms with Crippen molar-refractivity contribution in [2.75, 3.05) is 17.6 Å². The molecule has 0 unspecified atom stereocenters. The van der Waals surface area contributed by atoms with Crippen molar-refractivity contribution in [3.63, 3.8) is 0 Å². The second kappa shape index (κ2) is 6.45. The van der Waals surface area contributed by atoms with E-state index >= 15 is 0 Å². The maximum absolute atomic E-state index is 12.5. The van der Waals surface area contributed by atoms with Gasteiger partial charge in [-0.1, -0.05) is 0 Å². The van der Waals surface area contributed by atoms with Crippen molar-refractivity contribution in [3.8, 4) is 0 Å². The molecule has 26 heavy (non-hydrogen) atoms. The van der Waals surface area contributed by atoms with Gasteiger partial charge >= 0.3 is 0 Å². The number of H-pyrrole nitrogens is 1. The van der Waals surface area contributed by atoms with Crippen LogP contribution >= 0.6 is 11.3 Å². The average Bonchev–Trinajstić information content (AvgIpc) is 3.26. The lowest BCUT2D eigenvalue weighted by atomic mass is 10.2. The molecule has 0 bridgehead atoms. The molecule has 0 radical (unpaired) electrons. The Morgan fingerprint density at radius 2 is 2.27 bits per heavy atom. The second-order valence-electron chi connectivity index (χ2n) is 5.96. The summed E-state index contributed by atoms with van der Waals surface area (Å²) in [5, 5.41) is 3.29. The van der Waals surface area contributed by atoms with Crippen molar-refractivity contribution >= 4 is 43.4 Å². The van der Waals surface area contributed by atoms with E-state index in [-0.39, 0.29) is 11.7 Å². The van der Waals surface area contributed by atoms with E-state index < -0.39 is 10.0 Å². The normalized spacial score (nSPS) is 15.1. The minimum Gasteiger partial charge on any atom is -0.345 e. The molecule has 0 spiro atoms. The van der Waals surface area contributed by atoms with E-state index in [2.05, 4.69) is 20.3 Å². The van der Waals surface area contributed by atoms with E-state index in [1.54, 1.807) is 31.5 Å². The average molecular weight is 391 g/mol. The molecule has 3 aromatic rings. The van der Waals surface area contributed by atoms with Crippen molar-refractivity contribution in [2.45, 2.75) is 19.9 Å². The summed E-state index contributed by atoms with van der Waals surface area (Å²) in [6.07, 6.45) is 2.14. The van der Waals surface area contributed by atoms with Crippen molar-refractivity contribution in [1.29, 1.82) is 0 Å². The van der Waals surface area contributed by atoms with Crippen LogP contribution in [0, 0.1) is 0 Å². The first-order chi connectivity index (χ1) is 12.5. The van der Waals surface area contributed by atoms with Crippen LogP contribution in [-0.2, 0) is 23.0 Å². The number of hydrogen-bond acceptors (Lipinski definition) is 6. The number of carbonyl (C=O) groups is 1. The topological polar surface area (TPSA) is 108 Å². The third-order valence-electron chi connectivity index (χ3n) is 4.36. The van der Waals surface area contributed by atoms with Crippen LogP contribution in [0.3, 0.4) is 0 Å². The number of fused-ring (bicyclic) bond motifs is 2. The van der Waals surface area contributed by atoms with Gasteiger partial charge in [-0.25, -0.2) is 18.4 Å². The van der Waals surface area contributed by atoms with Crippen LogP contribution in [0.4, 0.5) is 5.13 Å². The first-order valence-corrected chi connectivity index (χ1v) is 10.6. The molecule has 1 aromatic carbocycles. The summed E-state index contributed by atoms with van der Waals surface area (Å²) < 4.78 is 25.6. The summed E-state index contributed by atoms with van der Waals surface area (Å²) in [4.78, 5) is 24.9. The summed E-state index contributed by atoms with van der Waals surface area (Å²) >= 11 is 1.32. The molecule has 0 aliphatic carbocycles. The van der Waals surface area contributed by atoms with Gasteiger partial charge < -0.3 is 4.98 Å². The van der Waals surface area contributed by atoms with E-state index in [0.29, 0.717) is 30.2 Å². The fourth-order valence-electron chi connectivity index (χ4n) is 2.89. The Labute approximate surface area is 154 Å². The number of nitrogens with one attached hydrogen (secondary N) is 2. The molecule has 4 rings (SSSR count). The maximum Gasteiger partial charge on any atom is 0.257 e. The van der Waals surface area contributed by atoms with Gasteiger partial charge in [-0.05, 0) is 25.1 Å². The highest BCUT2D eigenvalue weighted by Crippen LogP contribution is 2.30. The molecule has 3 heterocycles. The van der Waals surface area contributed by atoms with Gasteiger partial charge in [0.1, 0.15) is 0 Å². The summed E-state index contributed by atoms with van der Waals surface area (Å²) in [5.41, 5.74) is 2.95. The van der Waals surface area contributed by atoms with Crippen LogP contribution in [0.2, 0.25) is 0 Å². The molecule has 0 atom stereocenters. The van der Waals surface area contributed by atoms with Gasteiger partial charge in [-0.2, -0.15) is 4.31 Å². The van der Waals surface area contributed by atoms with E-state index in [1.807, 2.05) is 0 Å². The summed E-state index contributed by atoms with van der Waals surface area (Å²) in [6.45, 7) is 2.38. The number of sulfonamides is 1.